The summed E-state index contributed by atoms with van der Waals surface area (Å²) in [6.45, 7) is 0. The summed E-state index contributed by atoms with van der Waals surface area (Å²) in [6, 6.07) is 4.16. The van der Waals surface area contributed by atoms with Crippen LogP contribution in [0.4, 0.5) is 15.8 Å². The Morgan fingerprint density at radius 1 is 1.43 bits per heavy atom. The first-order chi connectivity index (χ1) is 9.88. The van der Waals surface area contributed by atoms with Gasteiger partial charge in [0.25, 0.3) is 11.6 Å². The van der Waals surface area contributed by atoms with Gasteiger partial charge in [-0.2, -0.15) is 0 Å². The molecule has 0 saturated carbocycles. The van der Waals surface area contributed by atoms with Gasteiger partial charge in [0, 0.05) is 10.7 Å². The number of hydrogen-bond acceptors (Lipinski definition) is 4. The van der Waals surface area contributed by atoms with Crippen molar-refractivity contribution in [1.29, 1.82) is 0 Å². The number of carbonyl (C=O) groups excluding carboxylic acids is 1. The third kappa shape index (κ3) is 3.53. The van der Waals surface area contributed by atoms with Gasteiger partial charge in [-0.15, -0.1) is 0 Å². The van der Waals surface area contributed by atoms with Crippen molar-refractivity contribution in [2.45, 2.75) is 0 Å². The molecular weight excluding hydrogens is 369 g/mol. The maximum Gasteiger partial charge on any atom is 0.285 e. The smallest absolute Gasteiger partial charge is 0.285 e. The predicted octanol–water partition coefficient (Wildman–Crippen LogP) is 3.80. The molecule has 1 aromatic heterocycles. The third-order valence-corrected chi connectivity index (χ3v) is 3.19. The Balaban J connectivity index is 2.37. The summed E-state index contributed by atoms with van der Waals surface area (Å²) in [6.07, 6.45) is 1.43. The van der Waals surface area contributed by atoms with Crippen molar-refractivity contribution in [2.24, 2.45) is 0 Å². The number of anilines is 1. The maximum atomic E-state index is 13.0. The highest BCUT2D eigenvalue weighted by molar-refractivity contribution is 9.10. The van der Waals surface area contributed by atoms with Gasteiger partial charge in [0.1, 0.15) is 11.4 Å². The van der Waals surface area contributed by atoms with Crippen molar-refractivity contribution in [2.75, 3.05) is 5.32 Å². The molecule has 1 aromatic carbocycles. The zero-order valence-electron chi connectivity index (χ0n) is 10.1. The number of nitrogens with one attached hydrogen (secondary N) is 1. The summed E-state index contributed by atoms with van der Waals surface area (Å²) >= 11 is 8.97. The number of benzene rings is 1. The average molecular weight is 375 g/mol. The number of halogens is 3. The zero-order chi connectivity index (χ0) is 15.6. The molecule has 21 heavy (non-hydrogen) atoms. The van der Waals surface area contributed by atoms with Crippen molar-refractivity contribution in [1.82, 2.24) is 4.98 Å². The molecule has 1 N–H and O–H groups in total. The molecule has 2 aromatic rings. The number of aromatic nitrogens is 1. The molecule has 1 amide bonds. The van der Waals surface area contributed by atoms with Gasteiger partial charge in [-0.1, -0.05) is 11.6 Å². The summed E-state index contributed by atoms with van der Waals surface area (Å²) in [7, 11) is 0. The van der Waals surface area contributed by atoms with E-state index in [1.165, 1.54) is 12.3 Å². The Hall–Kier alpha value is -2.06. The molecular formula is C12H6BrClFN3O3. The lowest BCUT2D eigenvalue weighted by molar-refractivity contribution is -0.385. The lowest BCUT2D eigenvalue weighted by atomic mass is 10.1. The van der Waals surface area contributed by atoms with E-state index in [0.29, 0.717) is 10.5 Å². The van der Waals surface area contributed by atoms with Gasteiger partial charge in [0.2, 0.25) is 0 Å². The van der Waals surface area contributed by atoms with Gasteiger partial charge < -0.3 is 5.32 Å². The molecule has 108 valence electrons. The van der Waals surface area contributed by atoms with Gasteiger partial charge in [-0.25, -0.2) is 9.37 Å². The first kappa shape index (κ1) is 15.3. The van der Waals surface area contributed by atoms with Crippen LogP contribution in [0.25, 0.3) is 0 Å². The molecule has 0 bridgehead atoms. The van der Waals surface area contributed by atoms with Crippen molar-refractivity contribution in [3.05, 3.63) is 61.6 Å². The number of nitro benzene ring substituents is 1. The summed E-state index contributed by atoms with van der Waals surface area (Å²) < 4.78 is 13.6. The molecule has 0 aliphatic heterocycles. The van der Waals surface area contributed by atoms with E-state index in [4.69, 9.17) is 11.6 Å². The normalized spacial score (nSPS) is 10.2. The molecule has 0 radical (unpaired) electrons. The second-order valence-corrected chi connectivity index (χ2v) is 5.14. The molecule has 0 atom stereocenters. The molecule has 0 spiro atoms. The van der Waals surface area contributed by atoms with E-state index < -0.39 is 22.3 Å². The summed E-state index contributed by atoms with van der Waals surface area (Å²) in [5, 5.41) is 13.3. The van der Waals surface area contributed by atoms with E-state index >= 15 is 0 Å². The minimum absolute atomic E-state index is 0.0244. The van der Waals surface area contributed by atoms with Crippen LogP contribution >= 0.6 is 27.5 Å². The van der Waals surface area contributed by atoms with Crippen molar-refractivity contribution >= 4 is 44.8 Å². The standard InChI is InChI=1S/C12H6BrClFN3O3/c13-6-3-9(11(14)16-5-6)17-12(19)8-2-1-7(15)4-10(8)18(20)21/h1-5H,(H,17,19). The van der Waals surface area contributed by atoms with E-state index in [9.17, 15) is 19.3 Å². The van der Waals surface area contributed by atoms with E-state index in [2.05, 4.69) is 26.2 Å². The predicted molar refractivity (Wildman–Crippen MR) is 78.0 cm³/mol. The van der Waals surface area contributed by atoms with Crippen LogP contribution in [0, 0.1) is 15.9 Å². The highest BCUT2D eigenvalue weighted by Crippen LogP contribution is 2.25. The van der Waals surface area contributed by atoms with Crippen molar-refractivity contribution in [3.63, 3.8) is 0 Å². The van der Waals surface area contributed by atoms with Gasteiger partial charge in [0.15, 0.2) is 5.15 Å². The second kappa shape index (κ2) is 6.15. The van der Waals surface area contributed by atoms with Gasteiger partial charge in [-0.3, -0.25) is 14.9 Å². The fourth-order valence-corrected chi connectivity index (χ4v) is 2.03. The molecule has 6 nitrogen and oxygen atoms in total. The van der Waals surface area contributed by atoms with E-state index in [-0.39, 0.29) is 16.4 Å². The molecule has 1 heterocycles. The van der Waals surface area contributed by atoms with Crippen LogP contribution in [-0.2, 0) is 0 Å². The molecule has 0 saturated heterocycles. The number of nitro groups is 1. The molecule has 0 unspecified atom stereocenters. The molecule has 2 rings (SSSR count). The van der Waals surface area contributed by atoms with Gasteiger partial charge in [0.05, 0.1) is 16.7 Å². The lowest BCUT2D eigenvalue weighted by Gasteiger charge is -2.07. The number of rotatable bonds is 3. The van der Waals surface area contributed by atoms with Crippen LogP contribution in [0.15, 0.2) is 34.9 Å². The van der Waals surface area contributed by atoms with Crippen LogP contribution < -0.4 is 5.32 Å². The first-order valence-corrected chi connectivity index (χ1v) is 6.62. The Labute approximate surface area is 131 Å². The third-order valence-electron chi connectivity index (χ3n) is 2.46. The second-order valence-electron chi connectivity index (χ2n) is 3.86. The quantitative estimate of drug-likeness (QED) is 0.503. The summed E-state index contributed by atoms with van der Waals surface area (Å²) in [4.78, 5) is 25.9. The van der Waals surface area contributed by atoms with Gasteiger partial charge >= 0.3 is 0 Å². The molecule has 0 aliphatic rings. The monoisotopic (exact) mass is 373 g/mol. The summed E-state index contributed by atoms with van der Waals surface area (Å²) in [5.41, 5.74) is -0.737. The Morgan fingerprint density at radius 3 is 2.81 bits per heavy atom. The highest BCUT2D eigenvalue weighted by atomic mass is 79.9. The van der Waals surface area contributed by atoms with E-state index in [1.807, 2.05) is 0 Å². The molecule has 0 fully saturated rings. The van der Waals surface area contributed by atoms with E-state index in [0.717, 1.165) is 12.1 Å². The maximum absolute atomic E-state index is 13.0. The van der Waals surface area contributed by atoms with Crippen LogP contribution in [0.2, 0.25) is 5.15 Å². The highest BCUT2D eigenvalue weighted by Gasteiger charge is 2.21. The number of hydrogen-bond donors (Lipinski definition) is 1. The Bertz CT molecular complexity index is 742. The Morgan fingerprint density at radius 2 is 2.14 bits per heavy atom. The van der Waals surface area contributed by atoms with Gasteiger partial charge in [-0.05, 0) is 34.1 Å². The number of carbonyl (C=O) groups is 1. The topological polar surface area (TPSA) is 85.1 Å². The van der Waals surface area contributed by atoms with Crippen LogP contribution in [0.3, 0.4) is 0 Å². The number of pyridine rings is 1. The van der Waals surface area contributed by atoms with Crippen molar-refractivity contribution < 1.29 is 14.1 Å². The minimum atomic E-state index is -0.835. The SMILES string of the molecule is O=C(Nc1cc(Br)cnc1Cl)c1ccc(F)cc1[N+](=O)[O-]. The fourth-order valence-electron chi connectivity index (χ4n) is 1.55. The number of amides is 1. The Kier molecular flexibility index (Phi) is 4.49. The molecule has 9 heteroatoms. The van der Waals surface area contributed by atoms with Crippen LogP contribution in [0.5, 0.6) is 0 Å². The first-order valence-electron chi connectivity index (χ1n) is 5.45. The number of nitrogens with zero attached hydrogens (tertiary/aromatic N) is 2. The minimum Gasteiger partial charge on any atom is -0.319 e. The summed E-state index contributed by atoms with van der Waals surface area (Å²) in [5.74, 6) is -1.59. The fraction of sp³-hybridized carbons (Fsp3) is 0. The lowest BCUT2D eigenvalue weighted by Crippen LogP contribution is -2.14. The molecule has 0 aliphatic carbocycles. The van der Waals surface area contributed by atoms with Crippen LogP contribution in [0.1, 0.15) is 10.4 Å². The largest absolute Gasteiger partial charge is 0.319 e. The average Bonchev–Trinajstić information content (AvgIpc) is 2.42. The zero-order valence-corrected chi connectivity index (χ0v) is 12.5. The van der Waals surface area contributed by atoms with E-state index in [1.54, 1.807) is 0 Å². The van der Waals surface area contributed by atoms with Crippen molar-refractivity contribution in [3.8, 4) is 0 Å². The van der Waals surface area contributed by atoms with Crippen LogP contribution in [-0.4, -0.2) is 15.8 Å².